The van der Waals surface area contributed by atoms with Crippen LogP contribution in [-0.4, -0.2) is 14.3 Å². The third-order valence-electron chi connectivity index (χ3n) is 3.97. The van der Waals surface area contributed by atoms with Crippen LogP contribution < -0.4 is 0 Å². The van der Waals surface area contributed by atoms with Crippen molar-refractivity contribution in [2.75, 3.05) is 0 Å². The van der Waals surface area contributed by atoms with Gasteiger partial charge in [-0.15, -0.1) is 0 Å². The lowest BCUT2D eigenvalue weighted by Gasteiger charge is -2.09. The Kier molecular flexibility index (Phi) is 3.35. The zero-order valence-electron chi connectivity index (χ0n) is 12.4. The normalized spacial score (nSPS) is 11.3. The van der Waals surface area contributed by atoms with Crippen molar-refractivity contribution >= 4 is 10.9 Å². The maximum atomic E-state index is 4.54. The molecule has 0 saturated carbocycles. The molecule has 0 aliphatic rings. The molecule has 3 aromatic rings. The molecule has 3 rings (SSSR count). The molecule has 2 aromatic heterocycles. The molecule has 0 aliphatic carbocycles. The smallest absolute Gasteiger partial charge is 0.0645 e. The first-order valence-electron chi connectivity index (χ1n) is 7.31. The standard InChI is InChI=1S/C17H21N3/c1-4-13-7-6-8-14-9-10-20(17(13)14)12-16-11-15(5-2)18-19(16)3/h6-11H,4-5,12H2,1-3H3. The van der Waals surface area contributed by atoms with Gasteiger partial charge in [-0.25, -0.2) is 0 Å². The van der Waals surface area contributed by atoms with E-state index in [1.807, 2.05) is 11.7 Å². The minimum Gasteiger partial charge on any atom is -0.341 e. The third kappa shape index (κ3) is 2.13. The lowest BCUT2D eigenvalue weighted by molar-refractivity contribution is 0.669. The Morgan fingerprint density at radius 3 is 2.65 bits per heavy atom. The Morgan fingerprint density at radius 1 is 1.10 bits per heavy atom. The molecule has 104 valence electrons. The van der Waals surface area contributed by atoms with Crippen LogP contribution in [0.25, 0.3) is 10.9 Å². The van der Waals surface area contributed by atoms with Gasteiger partial charge in [0.2, 0.25) is 0 Å². The van der Waals surface area contributed by atoms with Crippen LogP contribution in [0.3, 0.4) is 0 Å². The van der Waals surface area contributed by atoms with Gasteiger partial charge in [-0.2, -0.15) is 5.10 Å². The minimum absolute atomic E-state index is 0.879. The van der Waals surface area contributed by atoms with E-state index in [2.05, 4.69) is 60.0 Å². The summed E-state index contributed by atoms with van der Waals surface area (Å²) in [6.07, 6.45) is 4.23. The van der Waals surface area contributed by atoms with Crippen LogP contribution >= 0.6 is 0 Å². The molecule has 2 heterocycles. The van der Waals surface area contributed by atoms with E-state index < -0.39 is 0 Å². The minimum atomic E-state index is 0.879. The molecule has 0 aliphatic heterocycles. The summed E-state index contributed by atoms with van der Waals surface area (Å²) in [6, 6.07) is 11.0. The maximum Gasteiger partial charge on any atom is 0.0645 e. The number of aryl methyl sites for hydroxylation is 3. The number of hydrogen-bond donors (Lipinski definition) is 0. The van der Waals surface area contributed by atoms with E-state index in [4.69, 9.17) is 0 Å². The highest BCUT2D eigenvalue weighted by Crippen LogP contribution is 2.22. The Hall–Kier alpha value is -2.03. The molecule has 0 saturated heterocycles. The lowest BCUT2D eigenvalue weighted by Crippen LogP contribution is -2.05. The summed E-state index contributed by atoms with van der Waals surface area (Å²) >= 11 is 0. The van der Waals surface area contributed by atoms with E-state index in [1.165, 1.54) is 22.2 Å². The largest absolute Gasteiger partial charge is 0.341 e. The van der Waals surface area contributed by atoms with Gasteiger partial charge >= 0.3 is 0 Å². The molecule has 0 unspecified atom stereocenters. The number of nitrogens with zero attached hydrogens (tertiary/aromatic N) is 3. The fraction of sp³-hybridized carbons (Fsp3) is 0.353. The number of hydrogen-bond acceptors (Lipinski definition) is 1. The van der Waals surface area contributed by atoms with Crippen molar-refractivity contribution in [3.8, 4) is 0 Å². The Labute approximate surface area is 119 Å². The number of benzene rings is 1. The SMILES string of the molecule is CCc1cc(Cn2ccc3cccc(CC)c32)n(C)n1. The fourth-order valence-corrected chi connectivity index (χ4v) is 2.82. The monoisotopic (exact) mass is 267 g/mol. The average molecular weight is 267 g/mol. The lowest BCUT2D eigenvalue weighted by atomic mass is 10.1. The van der Waals surface area contributed by atoms with E-state index in [0.29, 0.717) is 0 Å². The van der Waals surface area contributed by atoms with Crippen LogP contribution in [0.4, 0.5) is 0 Å². The van der Waals surface area contributed by atoms with Crippen LogP contribution in [0.15, 0.2) is 36.5 Å². The van der Waals surface area contributed by atoms with Crippen LogP contribution in [0.1, 0.15) is 30.8 Å². The third-order valence-corrected chi connectivity index (χ3v) is 3.97. The highest BCUT2D eigenvalue weighted by atomic mass is 15.3. The first-order chi connectivity index (χ1) is 9.72. The summed E-state index contributed by atoms with van der Waals surface area (Å²) in [5.74, 6) is 0. The van der Waals surface area contributed by atoms with Gasteiger partial charge in [-0.3, -0.25) is 4.68 Å². The molecule has 0 spiro atoms. The predicted molar refractivity (Wildman–Crippen MR) is 83.0 cm³/mol. The fourth-order valence-electron chi connectivity index (χ4n) is 2.82. The second-order valence-electron chi connectivity index (χ2n) is 5.26. The van der Waals surface area contributed by atoms with Gasteiger partial charge < -0.3 is 4.57 Å². The number of aromatic nitrogens is 3. The summed E-state index contributed by atoms with van der Waals surface area (Å²) in [5, 5.41) is 5.86. The van der Waals surface area contributed by atoms with Crippen molar-refractivity contribution in [3.63, 3.8) is 0 Å². The summed E-state index contributed by atoms with van der Waals surface area (Å²) in [6.45, 7) is 5.24. The van der Waals surface area contributed by atoms with Crippen LogP contribution in [0, 0.1) is 0 Å². The molecule has 0 amide bonds. The van der Waals surface area contributed by atoms with E-state index in [1.54, 1.807) is 0 Å². The molecule has 3 heteroatoms. The number of fused-ring (bicyclic) bond motifs is 1. The van der Waals surface area contributed by atoms with E-state index in [0.717, 1.165) is 25.1 Å². The zero-order valence-corrected chi connectivity index (χ0v) is 12.4. The average Bonchev–Trinajstić information content (AvgIpc) is 3.03. The topological polar surface area (TPSA) is 22.8 Å². The molecule has 1 aromatic carbocycles. The molecule has 3 nitrogen and oxygen atoms in total. The Balaban J connectivity index is 2.04. The van der Waals surface area contributed by atoms with Crippen LogP contribution in [0.2, 0.25) is 0 Å². The first kappa shape index (κ1) is 13.0. The van der Waals surface area contributed by atoms with E-state index >= 15 is 0 Å². The molecule has 0 N–H and O–H groups in total. The molecular formula is C17H21N3. The van der Waals surface area contributed by atoms with Gasteiger partial charge in [0, 0.05) is 13.2 Å². The summed E-state index contributed by atoms with van der Waals surface area (Å²) in [4.78, 5) is 0. The first-order valence-corrected chi connectivity index (χ1v) is 7.31. The highest BCUT2D eigenvalue weighted by Gasteiger charge is 2.09. The van der Waals surface area contributed by atoms with Gasteiger partial charge in [0.1, 0.15) is 0 Å². The second kappa shape index (κ2) is 5.16. The predicted octanol–water partition coefficient (Wildman–Crippen LogP) is 3.55. The van der Waals surface area contributed by atoms with Gasteiger partial charge in [0.25, 0.3) is 0 Å². The van der Waals surface area contributed by atoms with Crippen LogP contribution in [0.5, 0.6) is 0 Å². The Morgan fingerprint density at radius 2 is 1.95 bits per heavy atom. The second-order valence-corrected chi connectivity index (χ2v) is 5.26. The molecule has 0 bridgehead atoms. The molecular weight excluding hydrogens is 246 g/mol. The van der Waals surface area contributed by atoms with Crippen molar-refractivity contribution < 1.29 is 0 Å². The summed E-state index contributed by atoms with van der Waals surface area (Å²) < 4.78 is 4.34. The van der Waals surface area contributed by atoms with Crippen molar-refractivity contribution in [3.05, 3.63) is 53.5 Å². The van der Waals surface area contributed by atoms with Crippen molar-refractivity contribution in [2.45, 2.75) is 33.2 Å². The van der Waals surface area contributed by atoms with Gasteiger partial charge in [0.15, 0.2) is 0 Å². The van der Waals surface area contributed by atoms with Gasteiger partial charge in [0.05, 0.1) is 23.4 Å². The molecule has 0 radical (unpaired) electrons. The van der Waals surface area contributed by atoms with Gasteiger partial charge in [-0.1, -0.05) is 32.0 Å². The zero-order chi connectivity index (χ0) is 14.1. The maximum absolute atomic E-state index is 4.54. The summed E-state index contributed by atoms with van der Waals surface area (Å²) in [7, 11) is 2.03. The van der Waals surface area contributed by atoms with Crippen molar-refractivity contribution in [2.24, 2.45) is 7.05 Å². The van der Waals surface area contributed by atoms with E-state index in [-0.39, 0.29) is 0 Å². The van der Waals surface area contributed by atoms with Crippen molar-refractivity contribution in [1.29, 1.82) is 0 Å². The number of rotatable bonds is 4. The quantitative estimate of drug-likeness (QED) is 0.709. The van der Waals surface area contributed by atoms with Crippen molar-refractivity contribution in [1.82, 2.24) is 14.3 Å². The van der Waals surface area contributed by atoms with E-state index in [9.17, 15) is 0 Å². The highest BCUT2D eigenvalue weighted by molar-refractivity contribution is 5.83. The Bertz CT molecular complexity index is 734. The molecule has 0 atom stereocenters. The summed E-state index contributed by atoms with van der Waals surface area (Å²) in [5.41, 5.74) is 5.18. The molecule has 0 fully saturated rings. The molecule has 20 heavy (non-hydrogen) atoms. The van der Waals surface area contributed by atoms with Gasteiger partial charge in [-0.05, 0) is 35.9 Å². The number of para-hydroxylation sites is 1. The van der Waals surface area contributed by atoms with Crippen LogP contribution in [-0.2, 0) is 26.4 Å².